The van der Waals surface area contributed by atoms with E-state index in [1.54, 1.807) is 36.3 Å². The number of aliphatic imine (C=N–C) groups is 1. The van der Waals surface area contributed by atoms with E-state index in [0.29, 0.717) is 50.3 Å². The highest BCUT2D eigenvalue weighted by molar-refractivity contribution is 8.14. The van der Waals surface area contributed by atoms with Gasteiger partial charge in [0.25, 0.3) is 0 Å². The summed E-state index contributed by atoms with van der Waals surface area (Å²) >= 11 is 1.56. The van der Waals surface area contributed by atoms with Gasteiger partial charge in [0, 0.05) is 22.9 Å². The smallest absolute Gasteiger partial charge is 0.233 e. The van der Waals surface area contributed by atoms with Gasteiger partial charge in [-0.15, -0.1) is 0 Å². The first-order chi connectivity index (χ1) is 16.5. The van der Waals surface area contributed by atoms with Gasteiger partial charge in [0.2, 0.25) is 17.7 Å². The van der Waals surface area contributed by atoms with E-state index in [1.165, 1.54) is 18.7 Å². The van der Waals surface area contributed by atoms with Crippen LogP contribution in [0, 0.1) is 11.9 Å². The average molecular weight is 479 g/mol. The first-order valence-electron chi connectivity index (χ1n) is 10.6. The number of rotatable bonds is 6. The zero-order valence-electron chi connectivity index (χ0n) is 18.0. The highest BCUT2D eigenvalue weighted by atomic mass is 32.2. The summed E-state index contributed by atoms with van der Waals surface area (Å²) in [6, 6.07) is 3.44. The van der Waals surface area contributed by atoms with Crippen molar-refractivity contribution in [1.29, 1.82) is 0 Å². The number of fused-ring (bicyclic) bond motifs is 2. The number of halogens is 1. The molecule has 12 heteroatoms. The van der Waals surface area contributed by atoms with Gasteiger partial charge in [-0.2, -0.15) is 4.39 Å². The molecule has 1 aliphatic carbocycles. The summed E-state index contributed by atoms with van der Waals surface area (Å²) in [7, 11) is 0. The number of hydrogen-bond acceptors (Lipinski definition) is 11. The fraction of sp³-hybridized carbons (Fsp3) is 0.273. The average Bonchev–Trinajstić information content (AvgIpc) is 3.42. The molecule has 0 saturated heterocycles. The van der Waals surface area contributed by atoms with Crippen molar-refractivity contribution in [3.8, 4) is 5.88 Å². The van der Waals surface area contributed by atoms with Gasteiger partial charge in [-0.05, 0) is 25.5 Å². The largest absolute Gasteiger partial charge is 0.467 e. The van der Waals surface area contributed by atoms with Gasteiger partial charge in [-0.25, -0.2) is 24.9 Å². The minimum atomic E-state index is -0.754. The van der Waals surface area contributed by atoms with E-state index in [4.69, 9.17) is 14.9 Å². The maximum absolute atomic E-state index is 14.8. The molecule has 2 aliphatic rings. The topological polar surface area (TPSA) is 137 Å². The second-order valence-corrected chi connectivity index (χ2v) is 9.49. The summed E-state index contributed by atoms with van der Waals surface area (Å²) in [6.45, 7) is 2.05. The molecule has 0 spiro atoms. The molecule has 3 N–H and O–H groups in total. The van der Waals surface area contributed by atoms with Crippen LogP contribution < -0.4 is 15.8 Å². The van der Waals surface area contributed by atoms with Gasteiger partial charge in [0.05, 0.1) is 35.3 Å². The summed E-state index contributed by atoms with van der Waals surface area (Å²) in [5.74, 6) is 0.896. The van der Waals surface area contributed by atoms with E-state index < -0.39 is 11.5 Å². The molecule has 34 heavy (non-hydrogen) atoms. The van der Waals surface area contributed by atoms with Crippen molar-refractivity contribution in [2.24, 2.45) is 16.6 Å². The molecule has 0 bridgehead atoms. The summed E-state index contributed by atoms with van der Waals surface area (Å²) in [5, 5.41) is 4.04. The molecule has 1 aliphatic heterocycles. The highest BCUT2D eigenvalue weighted by Crippen LogP contribution is 2.57. The number of hydrogen-bond donors (Lipinski definition) is 2. The molecule has 0 unspecified atom stereocenters. The lowest BCUT2D eigenvalue weighted by molar-refractivity contribution is 0.253. The van der Waals surface area contributed by atoms with E-state index in [9.17, 15) is 4.39 Å². The Morgan fingerprint density at radius 3 is 3.03 bits per heavy atom. The predicted molar refractivity (Wildman–Crippen MR) is 124 cm³/mol. The fourth-order valence-electron chi connectivity index (χ4n) is 4.20. The number of pyridine rings is 2. The number of nitrogens with one attached hydrogen (secondary N) is 1. The summed E-state index contributed by atoms with van der Waals surface area (Å²) in [4.78, 5) is 25.9. The number of ether oxygens (including phenoxy) is 1. The van der Waals surface area contributed by atoms with Crippen molar-refractivity contribution < 1.29 is 13.5 Å². The molecule has 4 aromatic heterocycles. The van der Waals surface area contributed by atoms with Crippen LogP contribution >= 0.6 is 11.8 Å². The van der Waals surface area contributed by atoms with Crippen LogP contribution in [0.3, 0.4) is 0 Å². The second-order valence-electron chi connectivity index (χ2n) is 8.23. The van der Waals surface area contributed by atoms with Crippen molar-refractivity contribution in [2.45, 2.75) is 30.7 Å². The Morgan fingerprint density at radius 1 is 1.26 bits per heavy atom. The molecule has 10 nitrogen and oxygen atoms in total. The molecule has 3 atom stereocenters. The normalized spacial score (nSPS) is 23.3. The maximum Gasteiger partial charge on any atom is 0.233 e. The molecular formula is C22H19FN8O2S. The number of aromatic nitrogens is 5. The highest BCUT2D eigenvalue weighted by Gasteiger charge is 2.56. The minimum absolute atomic E-state index is 0.138. The Labute approximate surface area is 197 Å². The third-order valence-corrected chi connectivity index (χ3v) is 7.14. The van der Waals surface area contributed by atoms with Gasteiger partial charge in [0.15, 0.2) is 17.6 Å². The fourth-order valence-corrected chi connectivity index (χ4v) is 5.49. The van der Waals surface area contributed by atoms with Crippen LogP contribution in [-0.2, 0) is 12.1 Å². The first-order valence-corrected chi connectivity index (χ1v) is 11.5. The number of anilines is 2. The Hall–Kier alpha value is -3.80. The van der Waals surface area contributed by atoms with Crippen LogP contribution in [-0.4, -0.2) is 35.3 Å². The van der Waals surface area contributed by atoms with E-state index >= 15 is 0 Å². The quantitative estimate of drug-likeness (QED) is 0.396. The van der Waals surface area contributed by atoms with E-state index in [1.807, 2.05) is 6.92 Å². The molecule has 4 aromatic rings. The van der Waals surface area contributed by atoms with Crippen molar-refractivity contribution in [3.63, 3.8) is 0 Å². The van der Waals surface area contributed by atoms with E-state index in [2.05, 4.69) is 35.2 Å². The van der Waals surface area contributed by atoms with E-state index in [0.717, 1.165) is 6.42 Å². The summed E-state index contributed by atoms with van der Waals surface area (Å²) in [5.41, 5.74) is 7.33. The molecule has 6 rings (SSSR count). The zero-order chi connectivity index (χ0) is 23.3. The van der Waals surface area contributed by atoms with E-state index in [-0.39, 0.29) is 12.5 Å². The molecule has 1 fully saturated rings. The number of amidine groups is 1. The number of thioether (sulfide) groups is 1. The third-order valence-electron chi connectivity index (χ3n) is 5.98. The van der Waals surface area contributed by atoms with Crippen LogP contribution in [0.4, 0.5) is 15.9 Å². The van der Waals surface area contributed by atoms with Gasteiger partial charge < -0.3 is 20.2 Å². The molecule has 0 amide bonds. The molecule has 172 valence electrons. The van der Waals surface area contributed by atoms with Crippen LogP contribution in [0.1, 0.15) is 24.8 Å². The first kappa shape index (κ1) is 20.8. The maximum atomic E-state index is 14.8. The number of nitrogens with zero attached hydrogens (tertiary/aromatic N) is 6. The zero-order valence-corrected chi connectivity index (χ0v) is 18.8. The van der Waals surface area contributed by atoms with Crippen LogP contribution in [0.5, 0.6) is 5.88 Å². The van der Waals surface area contributed by atoms with Gasteiger partial charge in [-0.3, -0.25) is 4.99 Å². The van der Waals surface area contributed by atoms with Crippen molar-refractivity contribution in [1.82, 2.24) is 24.9 Å². The van der Waals surface area contributed by atoms with Crippen LogP contribution in [0.15, 0.2) is 52.6 Å². The molecule has 0 aromatic carbocycles. The Morgan fingerprint density at radius 2 is 2.18 bits per heavy atom. The third kappa shape index (κ3) is 3.69. The SMILES string of the molecule is C[C@]1(c2cc(Nc3nccc4nc(OCc5ncco5)cnc34)cnc2F)N=C(N)S[C@H]2C[C@H]21. The van der Waals surface area contributed by atoms with Gasteiger partial charge in [0.1, 0.15) is 11.8 Å². The number of nitrogens with two attached hydrogens (primary N) is 1. The lowest BCUT2D eigenvalue weighted by Crippen LogP contribution is -2.32. The van der Waals surface area contributed by atoms with Crippen molar-refractivity contribution >= 4 is 39.5 Å². The Balaban J connectivity index is 1.28. The Kier molecular flexibility index (Phi) is 4.83. The molecule has 0 radical (unpaired) electrons. The van der Waals surface area contributed by atoms with Gasteiger partial charge in [-0.1, -0.05) is 11.8 Å². The van der Waals surface area contributed by atoms with Crippen molar-refractivity contribution in [3.05, 3.63) is 60.6 Å². The molecule has 5 heterocycles. The van der Waals surface area contributed by atoms with Crippen molar-refractivity contribution in [2.75, 3.05) is 5.32 Å². The van der Waals surface area contributed by atoms with Gasteiger partial charge >= 0.3 is 0 Å². The van der Waals surface area contributed by atoms with Crippen LogP contribution in [0.25, 0.3) is 11.0 Å². The lowest BCUT2D eigenvalue weighted by Gasteiger charge is -2.30. The summed E-state index contributed by atoms with van der Waals surface area (Å²) in [6.07, 6.45) is 8.48. The summed E-state index contributed by atoms with van der Waals surface area (Å²) < 4.78 is 25.6. The van der Waals surface area contributed by atoms with Crippen LogP contribution in [0.2, 0.25) is 0 Å². The Bertz CT molecular complexity index is 1420. The standard InChI is InChI=1S/C22H19FN8O2S/c1-22(12-7-15(12)34-21(24)31-22)13-6-11(8-28-19(13)23)29-20-18-14(2-3-26-20)30-16(9-27-18)33-10-17-25-4-5-32-17/h2-6,8-9,12,15H,7,10H2,1H3,(H2,24,31)(H,26,29)/t12-,15+,22+/m1/s1. The minimum Gasteiger partial charge on any atom is -0.467 e. The second kappa shape index (κ2) is 7.90. The molecule has 1 saturated carbocycles. The lowest BCUT2D eigenvalue weighted by atomic mass is 9.88. The number of oxazole rings is 1. The predicted octanol–water partition coefficient (Wildman–Crippen LogP) is 3.53. The monoisotopic (exact) mass is 478 g/mol. The molecular weight excluding hydrogens is 459 g/mol.